The molecule has 0 aromatic rings. The highest BCUT2D eigenvalue weighted by molar-refractivity contribution is 4.93. The Labute approximate surface area is 126 Å². The van der Waals surface area contributed by atoms with Gasteiger partial charge >= 0.3 is 0 Å². The Bertz CT molecular complexity index is 266. The summed E-state index contributed by atoms with van der Waals surface area (Å²) in [6.07, 6.45) is 12.6. The van der Waals surface area contributed by atoms with Crippen LogP contribution in [0.3, 0.4) is 0 Å². The summed E-state index contributed by atoms with van der Waals surface area (Å²) in [5, 5.41) is 3.86. The van der Waals surface area contributed by atoms with Gasteiger partial charge in [0.2, 0.25) is 0 Å². The molecule has 1 aliphatic carbocycles. The highest BCUT2D eigenvalue weighted by Gasteiger charge is 2.35. The Hall–Kier alpha value is -0.0800. The van der Waals surface area contributed by atoms with E-state index in [0.29, 0.717) is 0 Å². The molecule has 1 heterocycles. The molecule has 20 heavy (non-hydrogen) atoms. The number of rotatable bonds is 5. The molecule has 1 aliphatic heterocycles. The molecule has 2 fully saturated rings. The van der Waals surface area contributed by atoms with Gasteiger partial charge in [-0.2, -0.15) is 0 Å². The van der Waals surface area contributed by atoms with Crippen LogP contribution in [0.1, 0.15) is 78.6 Å². The normalized spacial score (nSPS) is 36.8. The molecule has 2 nitrogen and oxygen atoms in total. The van der Waals surface area contributed by atoms with Crippen molar-refractivity contribution in [1.29, 1.82) is 0 Å². The lowest BCUT2D eigenvalue weighted by molar-refractivity contribution is 0.0668. The van der Waals surface area contributed by atoms with Crippen molar-refractivity contribution >= 4 is 0 Å². The summed E-state index contributed by atoms with van der Waals surface area (Å²) >= 11 is 0. The van der Waals surface area contributed by atoms with Gasteiger partial charge in [0.05, 0.1) is 0 Å². The molecular weight excluding hydrogens is 244 g/mol. The molecule has 0 spiro atoms. The fraction of sp³-hybridized carbons (Fsp3) is 1.00. The van der Waals surface area contributed by atoms with E-state index in [1.165, 1.54) is 70.9 Å². The molecule has 0 bridgehead atoms. The maximum Gasteiger partial charge on any atom is 0.0254 e. The number of hydrogen-bond donors (Lipinski definition) is 1. The zero-order chi connectivity index (χ0) is 14.4. The van der Waals surface area contributed by atoms with Crippen LogP contribution in [0.5, 0.6) is 0 Å². The van der Waals surface area contributed by atoms with Gasteiger partial charge in [-0.1, -0.05) is 33.1 Å². The zero-order valence-corrected chi connectivity index (χ0v) is 14.0. The van der Waals surface area contributed by atoms with Gasteiger partial charge in [-0.3, -0.25) is 4.90 Å². The first-order valence-electron chi connectivity index (χ1n) is 9.25. The maximum absolute atomic E-state index is 3.86. The lowest BCUT2D eigenvalue weighted by Gasteiger charge is -2.45. The molecule has 4 atom stereocenters. The summed E-state index contributed by atoms with van der Waals surface area (Å²) in [6.45, 7) is 9.67. The molecule has 1 saturated carbocycles. The fourth-order valence-electron chi connectivity index (χ4n) is 4.33. The molecule has 4 unspecified atom stereocenters. The van der Waals surface area contributed by atoms with Crippen LogP contribution in [-0.4, -0.2) is 36.1 Å². The van der Waals surface area contributed by atoms with E-state index in [2.05, 4.69) is 31.0 Å². The van der Waals surface area contributed by atoms with Crippen LogP contribution in [0.15, 0.2) is 0 Å². The van der Waals surface area contributed by atoms with Gasteiger partial charge in [0.1, 0.15) is 0 Å². The van der Waals surface area contributed by atoms with Crippen molar-refractivity contribution in [1.82, 2.24) is 10.2 Å². The molecule has 2 rings (SSSR count). The van der Waals surface area contributed by atoms with Gasteiger partial charge in [0.25, 0.3) is 0 Å². The SMILES string of the molecule is CCCNC1CCC(CC)CC1N1CCCCCC1C. The predicted octanol–water partition coefficient (Wildman–Crippen LogP) is 4.20. The lowest BCUT2D eigenvalue weighted by Crippen LogP contribution is -2.55. The van der Waals surface area contributed by atoms with E-state index in [1.54, 1.807) is 0 Å². The summed E-state index contributed by atoms with van der Waals surface area (Å²) in [5.74, 6) is 0.968. The molecule has 0 radical (unpaired) electrons. The molecule has 0 amide bonds. The number of likely N-dealkylation sites (tertiary alicyclic amines) is 1. The topological polar surface area (TPSA) is 15.3 Å². The molecular formula is C18H36N2. The quantitative estimate of drug-likeness (QED) is 0.812. The number of nitrogens with one attached hydrogen (secondary N) is 1. The standard InChI is InChI=1S/C18H36N2/c1-4-12-19-17-11-10-16(5-2)14-18(17)20-13-8-6-7-9-15(20)3/h15-19H,4-14H2,1-3H3. The van der Waals surface area contributed by atoms with E-state index >= 15 is 0 Å². The van der Waals surface area contributed by atoms with Crippen LogP contribution in [0.25, 0.3) is 0 Å². The van der Waals surface area contributed by atoms with E-state index in [4.69, 9.17) is 0 Å². The van der Waals surface area contributed by atoms with Gasteiger partial charge < -0.3 is 5.32 Å². The van der Waals surface area contributed by atoms with E-state index in [9.17, 15) is 0 Å². The predicted molar refractivity (Wildman–Crippen MR) is 88.1 cm³/mol. The van der Waals surface area contributed by atoms with Crippen molar-refractivity contribution in [3.63, 3.8) is 0 Å². The Morgan fingerprint density at radius 3 is 2.65 bits per heavy atom. The third-order valence-electron chi connectivity index (χ3n) is 5.69. The van der Waals surface area contributed by atoms with E-state index in [0.717, 1.165) is 24.0 Å². The Kier molecular flexibility index (Phi) is 6.83. The first kappa shape index (κ1) is 16.3. The maximum atomic E-state index is 3.86. The fourth-order valence-corrected chi connectivity index (χ4v) is 4.33. The Morgan fingerprint density at radius 2 is 1.90 bits per heavy atom. The van der Waals surface area contributed by atoms with E-state index in [1.807, 2.05) is 0 Å². The van der Waals surface area contributed by atoms with Gasteiger partial charge in [0, 0.05) is 18.1 Å². The zero-order valence-electron chi connectivity index (χ0n) is 14.0. The minimum atomic E-state index is 0.748. The molecule has 0 aromatic heterocycles. The van der Waals surface area contributed by atoms with Crippen molar-refractivity contribution in [3.05, 3.63) is 0 Å². The van der Waals surface area contributed by atoms with Gasteiger partial charge in [0.15, 0.2) is 0 Å². The van der Waals surface area contributed by atoms with Crippen LogP contribution in [0, 0.1) is 5.92 Å². The van der Waals surface area contributed by atoms with Crippen molar-refractivity contribution < 1.29 is 0 Å². The highest BCUT2D eigenvalue weighted by atomic mass is 15.2. The summed E-state index contributed by atoms with van der Waals surface area (Å²) < 4.78 is 0. The minimum Gasteiger partial charge on any atom is -0.312 e. The summed E-state index contributed by atoms with van der Waals surface area (Å²) in [4.78, 5) is 2.88. The third kappa shape index (κ3) is 4.21. The smallest absolute Gasteiger partial charge is 0.0254 e. The molecule has 1 N–H and O–H groups in total. The Balaban J connectivity index is 2.03. The van der Waals surface area contributed by atoms with E-state index < -0.39 is 0 Å². The van der Waals surface area contributed by atoms with Crippen molar-refractivity contribution in [2.75, 3.05) is 13.1 Å². The molecule has 1 saturated heterocycles. The number of hydrogen-bond acceptors (Lipinski definition) is 2. The van der Waals surface area contributed by atoms with Crippen LogP contribution < -0.4 is 5.32 Å². The van der Waals surface area contributed by atoms with Crippen LogP contribution in [0.2, 0.25) is 0 Å². The summed E-state index contributed by atoms with van der Waals surface area (Å²) in [5.41, 5.74) is 0. The molecule has 0 aromatic carbocycles. The second-order valence-corrected chi connectivity index (χ2v) is 7.15. The monoisotopic (exact) mass is 280 g/mol. The van der Waals surface area contributed by atoms with E-state index in [-0.39, 0.29) is 0 Å². The van der Waals surface area contributed by atoms with Crippen molar-refractivity contribution in [3.8, 4) is 0 Å². The van der Waals surface area contributed by atoms with Crippen LogP contribution in [-0.2, 0) is 0 Å². The van der Waals surface area contributed by atoms with Gasteiger partial charge in [-0.15, -0.1) is 0 Å². The summed E-state index contributed by atoms with van der Waals surface area (Å²) in [7, 11) is 0. The molecule has 2 heteroatoms. The van der Waals surface area contributed by atoms with Gasteiger partial charge in [-0.05, 0) is 64.5 Å². The third-order valence-corrected chi connectivity index (χ3v) is 5.69. The van der Waals surface area contributed by atoms with Crippen LogP contribution >= 0.6 is 0 Å². The van der Waals surface area contributed by atoms with Gasteiger partial charge in [-0.25, -0.2) is 0 Å². The van der Waals surface area contributed by atoms with Crippen molar-refractivity contribution in [2.24, 2.45) is 5.92 Å². The number of nitrogens with zero attached hydrogens (tertiary/aromatic N) is 1. The second kappa shape index (κ2) is 8.38. The minimum absolute atomic E-state index is 0.748. The molecule has 118 valence electrons. The lowest BCUT2D eigenvalue weighted by atomic mass is 9.79. The van der Waals surface area contributed by atoms with Crippen molar-refractivity contribution in [2.45, 2.75) is 96.7 Å². The molecule has 2 aliphatic rings. The Morgan fingerprint density at radius 1 is 1.05 bits per heavy atom. The first-order chi connectivity index (χ1) is 9.76. The highest BCUT2D eigenvalue weighted by Crippen LogP contribution is 2.33. The largest absolute Gasteiger partial charge is 0.312 e. The first-order valence-corrected chi connectivity index (χ1v) is 9.25. The average molecular weight is 280 g/mol. The van der Waals surface area contributed by atoms with Crippen LogP contribution in [0.4, 0.5) is 0 Å². The summed E-state index contributed by atoms with van der Waals surface area (Å²) in [6, 6.07) is 2.34. The second-order valence-electron chi connectivity index (χ2n) is 7.15. The average Bonchev–Trinajstić information content (AvgIpc) is 2.69.